The average Bonchev–Trinajstić information content (AvgIpc) is 1.69. The molecule has 1 aliphatic rings. The second kappa shape index (κ2) is 2.55. The second-order valence-corrected chi connectivity index (χ2v) is 2.69. The zero-order valence-corrected chi connectivity index (χ0v) is 4.78. The molecule has 0 aliphatic carbocycles. The molecule has 0 aromatic carbocycles. The molecule has 1 N–H and O–H groups in total. The molecule has 1 atom stereocenters. The molecule has 0 amide bonds. The van der Waals surface area contributed by atoms with Gasteiger partial charge in [0.15, 0.2) is 0 Å². The Labute approximate surface area is 46.9 Å². The van der Waals surface area contributed by atoms with Gasteiger partial charge < -0.3 is 9.84 Å². The van der Waals surface area contributed by atoms with Gasteiger partial charge in [-0.15, -0.1) is 11.8 Å². The largest absolute Gasteiger partial charge is 0.380 e. The second-order valence-electron chi connectivity index (χ2n) is 1.40. The number of hydrogen-bond donors (Lipinski definition) is 1. The van der Waals surface area contributed by atoms with Gasteiger partial charge in [0.25, 0.3) is 0 Å². The molecule has 1 heterocycles. The summed E-state index contributed by atoms with van der Waals surface area (Å²) in [7, 11) is 0. The smallest absolute Gasteiger partial charge is 0.123 e. The lowest BCUT2D eigenvalue weighted by Crippen LogP contribution is -2.19. The first-order valence-corrected chi connectivity index (χ1v) is 3.32. The van der Waals surface area contributed by atoms with Gasteiger partial charge in [0.2, 0.25) is 0 Å². The van der Waals surface area contributed by atoms with Crippen molar-refractivity contribution in [2.75, 3.05) is 19.0 Å². The van der Waals surface area contributed by atoms with Gasteiger partial charge in [-0.25, -0.2) is 0 Å². The predicted octanol–water partition coefficient (Wildman–Crippen LogP) is 0.0682. The van der Waals surface area contributed by atoms with Crippen molar-refractivity contribution in [3.63, 3.8) is 0 Å². The normalized spacial score (nSPS) is 33.0. The summed E-state index contributed by atoms with van der Waals surface area (Å²) >= 11 is 1.55. The predicted molar refractivity (Wildman–Crippen MR) is 29.3 cm³/mol. The van der Waals surface area contributed by atoms with Crippen LogP contribution < -0.4 is 0 Å². The molecule has 1 rings (SSSR count). The van der Waals surface area contributed by atoms with E-state index in [4.69, 9.17) is 9.84 Å². The van der Waals surface area contributed by atoms with E-state index in [-0.39, 0.29) is 5.44 Å². The van der Waals surface area contributed by atoms with Gasteiger partial charge in [-0.05, 0) is 0 Å². The Bertz CT molecular complexity index is 51.7. The molecule has 1 unspecified atom stereocenters. The van der Waals surface area contributed by atoms with E-state index in [9.17, 15) is 0 Å². The molecule has 1 fully saturated rings. The third-order valence-electron chi connectivity index (χ3n) is 0.798. The van der Waals surface area contributed by atoms with Crippen LogP contribution in [0.3, 0.4) is 0 Å². The van der Waals surface area contributed by atoms with Crippen molar-refractivity contribution >= 4 is 11.8 Å². The van der Waals surface area contributed by atoms with Crippen LogP contribution >= 0.6 is 11.8 Å². The Balaban J connectivity index is 2.12. The lowest BCUT2D eigenvalue weighted by molar-refractivity contribution is 0.0774. The minimum Gasteiger partial charge on any atom is -0.380 e. The summed E-state index contributed by atoms with van der Waals surface area (Å²) in [4.78, 5) is 0. The minimum absolute atomic E-state index is 0.270. The Morgan fingerprint density at radius 3 is 2.86 bits per heavy atom. The van der Waals surface area contributed by atoms with Crippen molar-refractivity contribution in [1.82, 2.24) is 0 Å². The summed E-state index contributed by atoms with van der Waals surface area (Å²) in [6, 6.07) is 0. The highest BCUT2D eigenvalue weighted by atomic mass is 32.2. The monoisotopic (exact) mass is 120 g/mol. The van der Waals surface area contributed by atoms with E-state index in [0.717, 1.165) is 12.4 Å². The van der Waals surface area contributed by atoms with Crippen molar-refractivity contribution in [1.29, 1.82) is 0 Å². The minimum atomic E-state index is -0.270. The molecule has 0 aromatic heterocycles. The third kappa shape index (κ3) is 1.67. The molecule has 1 aliphatic heterocycles. The highest BCUT2D eigenvalue weighted by Crippen LogP contribution is 2.11. The molecular formula is C4H8O2S. The molecule has 0 bridgehead atoms. The number of thioether (sulfide) groups is 1. The number of aliphatic hydroxyl groups is 1. The SMILES string of the molecule is OC1COCCS1. The van der Waals surface area contributed by atoms with Crippen LogP contribution in [0.25, 0.3) is 0 Å². The van der Waals surface area contributed by atoms with Gasteiger partial charge in [-0.2, -0.15) is 0 Å². The molecule has 0 radical (unpaired) electrons. The molecule has 0 aromatic rings. The zero-order chi connectivity index (χ0) is 5.11. The Morgan fingerprint density at radius 1 is 1.71 bits per heavy atom. The van der Waals surface area contributed by atoms with Crippen molar-refractivity contribution in [2.45, 2.75) is 5.44 Å². The molecule has 42 valence electrons. The average molecular weight is 120 g/mol. The molecule has 0 saturated carbocycles. The standard InChI is InChI=1S/C4H8O2S/c5-4-3-6-1-2-7-4/h4-5H,1-3H2. The van der Waals surface area contributed by atoms with E-state index in [0.29, 0.717) is 6.61 Å². The van der Waals surface area contributed by atoms with Crippen LogP contribution in [0.2, 0.25) is 0 Å². The zero-order valence-electron chi connectivity index (χ0n) is 3.96. The maximum absolute atomic E-state index is 8.75. The van der Waals surface area contributed by atoms with Gasteiger partial charge in [-0.3, -0.25) is 0 Å². The Morgan fingerprint density at radius 2 is 2.57 bits per heavy atom. The third-order valence-corrected chi connectivity index (χ3v) is 1.72. The summed E-state index contributed by atoms with van der Waals surface area (Å²) in [5.41, 5.74) is -0.270. The van der Waals surface area contributed by atoms with Crippen LogP contribution in [0, 0.1) is 0 Å². The molecule has 1 saturated heterocycles. The highest BCUT2D eigenvalue weighted by Gasteiger charge is 2.08. The van der Waals surface area contributed by atoms with Crippen LogP contribution in [0.5, 0.6) is 0 Å². The van der Waals surface area contributed by atoms with E-state index >= 15 is 0 Å². The van der Waals surface area contributed by atoms with E-state index in [1.165, 1.54) is 0 Å². The summed E-state index contributed by atoms with van der Waals surface area (Å²) in [6.45, 7) is 1.30. The van der Waals surface area contributed by atoms with Crippen molar-refractivity contribution in [3.8, 4) is 0 Å². The van der Waals surface area contributed by atoms with Crippen LogP contribution in [0.4, 0.5) is 0 Å². The fourth-order valence-electron chi connectivity index (χ4n) is 0.475. The number of aliphatic hydroxyl groups excluding tert-OH is 1. The van der Waals surface area contributed by atoms with E-state index in [2.05, 4.69) is 0 Å². The van der Waals surface area contributed by atoms with Crippen LogP contribution in [-0.4, -0.2) is 29.5 Å². The Kier molecular flexibility index (Phi) is 1.97. The maximum Gasteiger partial charge on any atom is 0.123 e. The fourth-order valence-corrected chi connectivity index (χ4v) is 1.15. The number of ether oxygens (including phenoxy) is 1. The molecular weight excluding hydrogens is 112 g/mol. The van der Waals surface area contributed by atoms with Gasteiger partial charge >= 0.3 is 0 Å². The van der Waals surface area contributed by atoms with Crippen LogP contribution in [0.15, 0.2) is 0 Å². The Hall–Kier alpha value is 0.270. The van der Waals surface area contributed by atoms with Crippen molar-refractivity contribution in [3.05, 3.63) is 0 Å². The molecule has 0 spiro atoms. The first-order valence-electron chi connectivity index (χ1n) is 2.27. The highest BCUT2D eigenvalue weighted by molar-refractivity contribution is 7.99. The first-order chi connectivity index (χ1) is 3.39. The fraction of sp³-hybridized carbons (Fsp3) is 1.00. The number of hydrogen-bond acceptors (Lipinski definition) is 3. The van der Waals surface area contributed by atoms with E-state index in [1.54, 1.807) is 11.8 Å². The van der Waals surface area contributed by atoms with Gasteiger partial charge in [-0.1, -0.05) is 0 Å². The van der Waals surface area contributed by atoms with Crippen LogP contribution in [-0.2, 0) is 4.74 Å². The van der Waals surface area contributed by atoms with Crippen molar-refractivity contribution < 1.29 is 9.84 Å². The van der Waals surface area contributed by atoms with Crippen molar-refractivity contribution in [2.24, 2.45) is 0 Å². The van der Waals surface area contributed by atoms with Crippen LogP contribution in [0.1, 0.15) is 0 Å². The summed E-state index contributed by atoms with van der Waals surface area (Å²) in [5.74, 6) is 0.932. The molecule has 2 nitrogen and oxygen atoms in total. The summed E-state index contributed by atoms with van der Waals surface area (Å²) in [5, 5.41) is 8.75. The first kappa shape index (κ1) is 5.41. The van der Waals surface area contributed by atoms with Gasteiger partial charge in [0.1, 0.15) is 5.44 Å². The topological polar surface area (TPSA) is 29.5 Å². The molecule has 3 heteroatoms. The summed E-state index contributed by atoms with van der Waals surface area (Å²) < 4.78 is 4.91. The van der Waals surface area contributed by atoms with E-state index in [1.807, 2.05) is 0 Å². The molecule has 7 heavy (non-hydrogen) atoms. The summed E-state index contributed by atoms with van der Waals surface area (Å²) in [6.07, 6.45) is 0. The lowest BCUT2D eigenvalue weighted by atomic mass is 10.7. The van der Waals surface area contributed by atoms with Gasteiger partial charge in [0.05, 0.1) is 13.2 Å². The quantitative estimate of drug-likeness (QED) is 0.490. The van der Waals surface area contributed by atoms with Gasteiger partial charge in [0, 0.05) is 5.75 Å². The lowest BCUT2D eigenvalue weighted by Gasteiger charge is -2.15. The van der Waals surface area contributed by atoms with E-state index < -0.39 is 0 Å². The number of rotatable bonds is 0. The maximum atomic E-state index is 8.75.